The van der Waals surface area contributed by atoms with Crippen molar-refractivity contribution >= 4 is 6.03 Å². The summed E-state index contributed by atoms with van der Waals surface area (Å²) in [6, 6.07) is 5.23. The molecule has 0 aromatic carbocycles. The van der Waals surface area contributed by atoms with Gasteiger partial charge in [-0.15, -0.1) is 0 Å². The van der Waals surface area contributed by atoms with E-state index in [1.165, 1.54) is 5.01 Å². The van der Waals surface area contributed by atoms with E-state index >= 15 is 0 Å². The van der Waals surface area contributed by atoms with Crippen LogP contribution in [0.4, 0.5) is 4.79 Å². The van der Waals surface area contributed by atoms with Gasteiger partial charge in [0.25, 0.3) is 0 Å². The SMILES string of the molecule is CNN(C)C(N)=O.c1ccncc1. The molecule has 0 saturated heterocycles. The lowest BCUT2D eigenvalue weighted by molar-refractivity contribution is 0.203. The number of aromatic nitrogens is 1. The molecule has 0 bridgehead atoms. The summed E-state index contributed by atoms with van der Waals surface area (Å²) in [4.78, 5) is 13.8. The molecule has 2 amide bonds. The fourth-order valence-corrected chi connectivity index (χ4v) is 0.423. The molecule has 0 spiro atoms. The summed E-state index contributed by atoms with van der Waals surface area (Å²) in [5.74, 6) is 0. The zero-order valence-corrected chi connectivity index (χ0v) is 7.77. The van der Waals surface area contributed by atoms with Gasteiger partial charge in [0.1, 0.15) is 0 Å². The number of amides is 2. The summed E-state index contributed by atoms with van der Waals surface area (Å²) >= 11 is 0. The Hall–Kier alpha value is -1.62. The Morgan fingerprint density at radius 2 is 1.92 bits per heavy atom. The highest BCUT2D eigenvalue weighted by molar-refractivity contribution is 5.70. The molecule has 5 nitrogen and oxygen atoms in total. The van der Waals surface area contributed by atoms with Crippen LogP contribution >= 0.6 is 0 Å². The van der Waals surface area contributed by atoms with Crippen molar-refractivity contribution in [2.45, 2.75) is 0 Å². The van der Waals surface area contributed by atoms with Crippen LogP contribution in [0.3, 0.4) is 0 Å². The molecule has 72 valence electrons. The maximum atomic E-state index is 10.0. The Morgan fingerprint density at radius 1 is 1.38 bits per heavy atom. The molecule has 0 aliphatic carbocycles. The first-order valence-corrected chi connectivity index (χ1v) is 3.74. The van der Waals surface area contributed by atoms with Gasteiger partial charge < -0.3 is 5.73 Å². The van der Waals surface area contributed by atoms with Gasteiger partial charge in [0, 0.05) is 26.5 Å². The Bertz CT molecular complexity index is 200. The van der Waals surface area contributed by atoms with Gasteiger partial charge >= 0.3 is 6.03 Å². The first-order valence-electron chi connectivity index (χ1n) is 3.74. The number of nitrogens with one attached hydrogen (secondary N) is 1. The van der Waals surface area contributed by atoms with Gasteiger partial charge in [-0.3, -0.25) is 9.99 Å². The second-order valence-corrected chi connectivity index (χ2v) is 2.15. The molecule has 0 atom stereocenters. The van der Waals surface area contributed by atoms with Gasteiger partial charge in [0.05, 0.1) is 0 Å². The second kappa shape index (κ2) is 7.05. The molecular formula is C8H14N4O. The molecule has 13 heavy (non-hydrogen) atoms. The topological polar surface area (TPSA) is 71.2 Å². The number of hydrogen-bond acceptors (Lipinski definition) is 3. The first kappa shape index (κ1) is 11.4. The number of carbonyl (C=O) groups is 1. The first-order chi connectivity index (χ1) is 6.18. The van der Waals surface area contributed by atoms with Gasteiger partial charge in [-0.2, -0.15) is 0 Å². The Morgan fingerprint density at radius 3 is 2.00 bits per heavy atom. The van der Waals surface area contributed by atoms with Crippen LogP contribution in [0, 0.1) is 0 Å². The number of rotatable bonds is 1. The van der Waals surface area contributed by atoms with Crippen molar-refractivity contribution in [3.05, 3.63) is 30.6 Å². The molecule has 0 radical (unpaired) electrons. The molecule has 0 unspecified atom stereocenters. The number of carbonyl (C=O) groups excluding carboxylic acids is 1. The van der Waals surface area contributed by atoms with Crippen molar-refractivity contribution in [1.82, 2.24) is 15.4 Å². The van der Waals surface area contributed by atoms with Crippen molar-refractivity contribution in [3.8, 4) is 0 Å². The predicted octanol–water partition coefficient (Wildman–Crippen LogP) is 0.213. The quantitative estimate of drug-likeness (QED) is 0.610. The van der Waals surface area contributed by atoms with E-state index in [0.29, 0.717) is 0 Å². The van der Waals surface area contributed by atoms with Crippen LogP contribution in [0.5, 0.6) is 0 Å². The van der Waals surface area contributed by atoms with E-state index in [2.05, 4.69) is 10.4 Å². The smallest absolute Gasteiger partial charge is 0.328 e. The van der Waals surface area contributed by atoms with Crippen molar-refractivity contribution < 1.29 is 4.79 Å². The fraction of sp³-hybridized carbons (Fsp3) is 0.250. The Balaban J connectivity index is 0.000000223. The maximum absolute atomic E-state index is 10.0. The van der Waals surface area contributed by atoms with E-state index in [-0.39, 0.29) is 0 Å². The number of pyridine rings is 1. The zero-order valence-electron chi connectivity index (χ0n) is 7.77. The van der Waals surface area contributed by atoms with E-state index in [4.69, 9.17) is 5.73 Å². The number of hydrazine groups is 1. The van der Waals surface area contributed by atoms with Crippen LogP contribution in [0.1, 0.15) is 0 Å². The molecule has 1 rings (SSSR count). The minimum Gasteiger partial charge on any atom is -0.350 e. The summed E-state index contributed by atoms with van der Waals surface area (Å²) in [5.41, 5.74) is 7.29. The lowest BCUT2D eigenvalue weighted by Crippen LogP contribution is -2.40. The van der Waals surface area contributed by atoms with Crippen LogP contribution in [0.15, 0.2) is 30.6 Å². The number of nitrogens with two attached hydrogens (primary N) is 1. The molecular weight excluding hydrogens is 168 g/mol. The normalized spacial score (nSPS) is 8.15. The fourth-order valence-electron chi connectivity index (χ4n) is 0.423. The van der Waals surface area contributed by atoms with Gasteiger partial charge in [0.15, 0.2) is 0 Å². The highest BCUT2D eigenvalue weighted by Crippen LogP contribution is 1.73. The maximum Gasteiger partial charge on any atom is 0.328 e. The van der Waals surface area contributed by atoms with Crippen molar-refractivity contribution in [1.29, 1.82) is 0 Å². The monoisotopic (exact) mass is 182 g/mol. The minimum atomic E-state index is -0.484. The number of hydrogen-bond donors (Lipinski definition) is 2. The summed E-state index contributed by atoms with van der Waals surface area (Å²) in [7, 11) is 3.16. The van der Waals surface area contributed by atoms with Gasteiger partial charge in [-0.1, -0.05) is 6.07 Å². The summed E-state index contributed by atoms with van der Waals surface area (Å²) in [5, 5.41) is 1.18. The zero-order chi connectivity index (χ0) is 10.1. The molecule has 0 aliphatic rings. The summed E-state index contributed by atoms with van der Waals surface area (Å²) < 4.78 is 0. The van der Waals surface area contributed by atoms with Crippen LogP contribution in [-0.2, 0) is 0 Å². The molecule has 0 aliphatic heterocycles. The average molecular weight is 182 g/mol. The van der Waals surface area contributed by atoms with Crippen LogP contribution in [0.2, 0.25) is 0 Å². The Kier molecular flexibility index (Phi) is 6.17. The average Bonchev–Trinajstić information content (AvgIpc) is 2.20. The second-order valence-electron chi connectivity index (χ2n) is 2.15. The predicted molar refractivity (Wildman–Crippen MR) is 50.6 cm³/mol. The molecule has 0 saturated carbocycles. The molecule has 1 heterocycles. The lowest BCUT2D eigenvalue weighted by Gasteiger charge is -2.09. The molecule has 3 N–H and O–H groups in total. The van der Waals surface area contributed by atoms with Gasteiger partial charge in [-0.05, 0) is 12.1 Å². The lowest BCUT2D eigenvalue weighted by atomic mass is 10.5. The standard InChI is InChI=1S/C5H5N.C3H9N3O/c1-2-4-6-5-3-1;1-5-6(2)3(4)7/h1-5H;5H,1-2H3,(H2,4,7). The number of urea groups is 1. The van der Waals surface area contributed by atoms with Crippen LogP contribution in [-0.4, -0.2) is 30.1 Å². The minimum absolute atomic E-state index is 0.484. The van der Waals surface area contributed by atoms with Crippen molar-refractivity contribution in [2.75, 3.05) is 14.1 Å². The number of nitrogens with zero attached hydrogens (tertiary/aromatic N) is 2. The largest absolute Gasteiger partial charge is 0.350 e. The van der Waals surface area contributed by atoms with E-state index < -0.39 is 6.03 Å². The van der Waals surface area contributed by atoms with Crippen molar-refractivity contribution in [3.63, 3.8) is 0 Å². The van der Waals surface area contributed by atoms with Crippen molar-refractivity contribution in [2.24, 2.45) is 5.73 Å². The summed E-state index contributed by atoms with van der Waals surface area (Å²) in [6.45, 7) is 0. The van der Waals surface area contributed by atoms with E-state index in [1.807, 2.05) is 18.2 Å². The van der Waals surface area contributed by atoms with Crippen LogP contribution in [0.25, 0.3) is 0 Å². The van der Waals surface area contributed by atoms with Gasteiger partial charge in [-0.25, -0.2) is 10.2 Å². The van der Waals surface area contributed by atoms with E-state index in [9.17, 15) is 4.79 Å². The highest BCUT2D eigenvalue weighted by Gasteiger charge is 1.94. The third-order valence-corrected chi connectivity index (χ3v) is 1.23. The third-order valence-electron chi connectivity index (χ3n) is 1.23. The summed E-state index contributed by atoms with van der Waals surface area (Å²) in [6.07, 6.45) is 3.50. The molecule has 5 heteroatoms. The number of primary amides is 1. The molecule has 1 aromatic rings. The molecule has 0 fully saturated rings. The molecule has 1 aromatic heterocycles. The van der Waals surface area contributed by atoms with E-state index in [1.54, 1.807) is 26.5 Å². The highest BCUT2D eigenvalue weighted by atomic mass is 16.2. The Labute approximate surface area is 77.5 Å². The van der Waals surface area contributed by atoms with Crippen LogP contribution < -0.4 is 11.2 Å². The third kappa shape index (κ3) is 6.77. The van der Waals surface area contributed by atoms with E-state index in [0.717, 1.165) is 0 Å². The van der Waals surface area contributed by atoms with Gasteiger partial charge in [0.2, 0.25) is 0 Å².